The summed E-state index contributed by atoms with van der Waals surface area (Å²) in [5.41, 5.74) is 1.60. The number of hydrogen-bond donors (Lipinski definition) is 1. The van der Waals surface area contributed by atoms with E-state index in [0.717, 1.165) is 5.69 Å². The Labute approximate surface area is 154 Å². The molecule has 0 saturated carbocycles. The fourth-order valence-electron chi connectivity index (χ4n) is 2.03. The van der Waals surface area contributed by atoms with Crippen LogP contribution >= 0.6 is 23.2 Å². The van der Waals surface area contributed by atoms with Crippen molar-refractivity contribution in [2.75, 3.05) is 5.32 Å². The van der Waals surface area contributed by atoms with Crippen molar-refractivity contribution in [1.82, 2.24) is 15.0 Å². The van der Waals surface area contributed by atoms with E-state index in [1.54, 1.807) is 24.4 Å². The summed E-state index contributed by atoms with van der Waals surface area (Å²) < 4.78 is 5.67. The van der Waals surface area contributed by atoms with Crippen molar-refractivity contribution in [2.45, 2.75) is 6.61 Å². The van der Waals surface area contributed by atoms with Crippen LogP contribution in [0.2, 0.25) is 10.2 Å². The zero-order chi connectivity index (χ0) is 17.6. The lowest BCUT2D eigenvalue weighted by molar-refractivity contribution is 0.301. The van der Waals surface area contributed by atoms with Gasteiger partial charge in [0.05, 0.1) is 10.7 Å². The second-order valence-electron chi connectivity index (χ2n) is 4.88. The quantitative estimate of drug-likeness (QED) is 0.670. The molecule has 0 atom stereocenters. The molecule has 0 fully saturated rings. The van der Waals surface area contributed by atoms with Crippen LogP contribution in [0.3, 0.4) is 0 Å². The molecule has 0 radical (unpaired) electrons. The highest BCUT2D eigenvalue weighted by atomic mass is 35.5. The molecule has 2 aromatic heterocycles. The highest BCUT2D eigenvalue weighted by Crippen LogP contribution is 2.30. The Hall–Kier alpha value is -2.88. The average Bonchev–Trinajstić information content (AvgIpc) is 2.62. The summed E-state index contributed by atoms with van der Waals surface area (Å²) in [6.07, 6.45) is 2.98. The standard InChI is InChI=1S/C17H11Cl2N5O/c18-14-7-11(24-17-13(8-20)16(19)22-10-23-17)4-5-15(14)25-9-12-3-1-2-6-21-12/h1-7,10H,9H2,(H,22,23,24). The van der Waals surface area contributed by atoms with Gasteiger partial charge in [-0.2, -0.15) is 5.26 Å². The van der Waals surface area contributed by atoms with Crippen molar-refractivity contribution < 1.29 is 4.74 Å². The molecule has 6 nitrogen and oxygen atoms in total. The summed E-state index contributed by atoms with van der Waals surface area (Å²) >= 11 is 12.1. The number of nitriles is 1. The zero-order valence-electron chi connectivity index (χ0n) is 12.8. The molecule has 0 spiro atoms. The maximum atomic E-state index is 9.15. The van der Waals surface area contributed by atoms with Gasteiger partial charge in [-0.05, 0) is 30.3 Å². The van der Waals surface area contributed by atoms with Crippen molar-refractivity contribution in [3.8, 4) is 11.8 Å². The summed E-state index contributed by atoms with van der Waals surface area (Å²) in [6, 6.07) is 12.7. The van der Waals surface area contributed by atoms with E-state index in [4.69, 9.17) is 33.2 Å². The lowest BCUT2D eigenvalue weighted by atomic mass is 10.2. The predicted octanol–water partition coefficient (Wildman–Crippen LogP) is 4.37. The Morgan fingerprint density at radius 2 is 2.00 bits per heavy atom. The fraction of sp³-hybridized carbons (Fsp3) is 0.0588. The first kappa shape index (κ1) is 17.0. The second-order valence-corrected chi connectivity index (χ2v) is 5.65. The maximum absolute atomic E-state index is 9.15. The number of nitrogens with zero attached hydrogens (tertiary/aromatic N) is 4. The van der Waals surface area contributed by atoms with E-state index < -0.39 is 0 Å². The first-order valence-corrected chi connectivity index (χ1v) is 7.93. The molecule has 2 heterocycles. The number of hydrogen-bond acceptors (Lipinski definition) is 6. The summed E-state index contributed by atoms with van der Waals surface area (Å²) in [7, 11) is 0. The van der Waals surface area contributed by atoms with Crippen LogP contribution in [0.5, 0.6) is 5.75 Å². The Bertz CT molecular complexity index is 928. The van der Waals surface area contributed by atoms with Gasteiger partial charge in [0.15, 0.2) is 11.0 Å². The largest absolute Gasteiger partial charge is 0.486 e. The molecule has 0 unspecified atom stereocenters. The first-order valence-electron chi connectivity index (χ1n) is 7.17. The normalized spacial score (nSPS) is 10.1. The molecule has 0 aliphatic rings. The van der Waals surface area contributed by atoms with E-state index in [9.17, 15) is 0 Å². The molecule has 0 aliphatic heterocycles. The summed E-state index contributed by atoms with van der Waals surface area (Å²) in [6.45, 7) is 0.313. The second kappa shape index (κ2) is 7.79. The van der Waals surface area contributed by atoms with Crippen LogP contribution < -0.4 is 10.1 Å². The summed E-state index contributed by atoms with van der Waals surface area (Å²) in [5.74, 6) is 0.833. The van der Waals surface area contributed by atoms with Crippen LogP contribution in [0, 0.1) is 11.3 Å². The van der Waals surface area contributed by atoms with Gasteiger partial charge in [-0.15, -0.1) is 0 Å². The molecule has 0 amide bonds. The molecule has 124 valence electrons. The van der Waals surface area contributed by atoms with Crippen LogP contribution in [0.4, 0.5) is 11.5 Å². The van der Waals surface area contributed by atoms with Crippen molar-refractivity contribution in [3.05, 3.63) is 70.4 Å². The third kappa shape index (κ3) is 4.15. The van der Waals surface area contributed by atoms with Crippen LogP contribution in [0.15, 0.2) is 48.9 Å². The van der Waals surface area contributed by atoms with Crippen LogP contribution in [-0.2, 0) is 6.61 Å². The minimum Gasteiger partial charge on any atom is -0.486 e. The number of anilines is 2. The SMILES string of the molecule is N#Cc1c(Cl)ncnc1Nc1ccc(OCc2ccccn2)c(Cl)c1. The van der Waals surface area contributed by atoms with Gasteiger partial charge in [0.1, 0.15) is 30.3 Å². The number of halogens is 2. The van der Waals surface area contributed by atoms with Crippen LogP contribution in [0.1, 0.15) is 11.3 Å². The third-order valence-corrected chi connectivity index (χ3v) is 3.79. The van der Waals surface area contributed by atoms with Gasteiger partial charge in [-0.3, -0.25) is 4.98 Å². The van der Waals surface area contributed by atoms with E-state index in [-0.39, 0.29) is 10.7 Å². The number of benzene rings is 1. The lowest BCUT2D eigenvalue weighted by Gasteiger charge is -2.11. The van der Waals surface area contributed by atoms with Gasteiger partial charge in [-0.25, -0.2) is 9.97 Å². The average molecular weight is 372 g/mol. The van der Waals surface area contributed by atoms with E-state index >= 15 is 0 Å². The number of nitrogens with one attached hydrogen (secondary N) is 1. The third-order valence-electron chi connectivity index (χ3n) is 3.21. The number of pyridine rings is 1. The van der Waals surface area contributed by atoms with Gasteiger partial charge < -0.3 is 10.1 Å². The van der Waals surface area contributed by atoms with Crippen LogP contribution in [0.25, 0.3) is 0 Å². The van der Waals surface area contributed by atoms with Crippen molar-refractivity contribution in [1.29, 1.82) is 5.26 Å². The fourth-order valence-corrected chi connectivity index (χ4v) is 2.44. The summed E-state index contributed by atoms with van der Waals surface area (Å²) in [4.78, 5) is 12.0. The molecular formula is C17H11Cl2N5O. The lowest BCUT2D eigenvalue weighted by Crippen LogP contribution is -2.00. The molecule has 0 saturated heterocycles. The Morgan fingerprint density at radius 3 is 2.72 bits per heavy atom. The number of rotatable bonds is 5. The molecule has 8 heteroatoms. The van der Waals surface area contributed by atoms with Gasteiger partial charge in [0.25, 0.3) is 0 Å². The topological polar surface area (TPSA) is 83.7 Å². The smallest absolute Gasteiger partial charge is 0.153 e. The Kier molecular flexibility index (Phi) is 5.29. The van der Waals surface area contributed by atoms with Gasteiger partial charge >= 0.3 is 0 Å². The molecule has 1 N–H and O–H groups in total. The van der Waals surface area contributed by atoms with E-state index in [0.29, 0.717) is 28.9 Å². The van der Waals surface area contributed by atoms with Gasteiger partial charge in [0.2, 0.25) is 0 Å². The van der Waals surface area contributed by atoms with Gasteiger partial charge in [0, 0.05) is 11.9 Å². The molecule has 3 rings (SSSR count). The molecule has 0 aliphatic carbocycles. The van der Waals surface area contributed by atoms with Crippen molar-refractivity contribution >= 4 is 34.7 Å². The van der Waals surface area contributed by atoms with E-state index in [2.05, 4.69) is 20.3 Å². The molecular weight excluding hydrogens is 361 g/mol. The summed E-state index contributed by atoms with van der Waals surface area (Å²) in [5, 5.41) is 12.6. The Balaban J connectivity index is 1.74. The minimum atomic E-state index is 0.0846. The highest BCUT2D eigenvalue weighted by molar-refractivity contribution is 6.32. The number of aromatic nitrogens is 3. The highest BCUT2D eigenvalue weighted by Gasteiger charge is 2.11. The zero-order valence-corrected chi connectivity index (χ0v) is 14.3. The van der Waals surface area contributed by atoms with E-state index in [1.165, 1.54) is 6.33 Å². The van der Waals surface area contributed by atoms with Crippen LogP contribution in [-0.4, -0.2) is 15.0 Å². The molecule has 3 aromatic rings. The van der Waals surface area contributed by atoms with Gasteiger partial charge in [-0.1, -0.05) is 29.3 Å². The molecule has 25 heavy (non-hydrogen) atoms. The molecule has 0 bridgehead atoms. The molecule has 1 aromatic carbocycles. The predicted molar refractivity (Wildman–Crippen MR) is 95.1 cm³/mol. The van der Waals surface area contributed by atoms with Crippen molar-refractivity contribution in [3.63, 3.8) is 0 Å². The maximum Gasteiger partial charge on any atom is 0.153 e. The van der Waals surface area contributed by atoms with E-state index in [1.807, 2.05) is 24.3 Å². The number of ether oxygens (including phenoxy) is 1. The monoisotopic (exact) mass is 371 g/mol. The minimum absolute atomic E-state index is 0.0846. The van der Waals surface area contributed by atoms with Crippen molar-refractivity contribution in [2.24, 2.45) is 0 Å². The first-order chi connectivity index (χ1) is 12.2. The Morgan fingerprint density at radius 1 is 1.12 bits per heavy atom.